The molecule has 2 saturated heterocycles. The van der Waals surface area contributed by atoms with E-state index in [1.54, 1.807) is 0 Å². The van der Waals surface area contributed by atoms with Gasteiger partial charge in [0.1, 0.15) is 0 Å². The molecule has 152 valence electrons. The quantitative estimate of drug-likeness (QED) is 0.354. The van der Waals surface area contributed by atoms with E-state index >= 15 is 0 Å². The normalized spacial score (nSPS) is 21.8. The molecular formula is C21H36IN5. The molecule has 0 radical (unpaired) electrons. The molecule has 0 aromatic heterocycles. The molecule has 5 nitrogen and oxygen atoms in total. The number of para-hydroxylation sites is 1. The van der Waals surface area contributed by atoms with Gasteiger partial charge in [0.15, 0.2) is 5.96 Å². The molecule has 2 atom stereocenters. The fraction of sp³-hybridized carbons (Fsp3) is 0.667. The maximum absolute atomic E-state index is 4.92. The third kappa shape index (κ3) is 6.52. The van der Waals surface area contributed by atoms with Crippen LogP contribution in [0.15, 0.2) is 35.3 Å². The Labute approximate surface area is 182 Å². The Kier molecular flexibility index (Phi) is 9.68. The van der Waals surface area contributed by atoms with Gasteiger partial charge in [0.25, 0.3) is 0 Å². The minimum Gasteiger partial charge on any atom is -0.369 e. The number of benzene rings is 1. The molecule has 1 aromatic rings. The lowest BCUT2D eigenvalue weighted by Crippen LogP contribution is -2.45. The van der Waals surface area contributed by atoms with E-state index in [0.29, 0.717) is 12.1 Å². The van der Waals surface area contributed by atoms with Crippen LogP contribution in [0.3, 0.4) is 0 Å². The van der Waals surface area contributed by atoms with Crippen LogP contribution in [-0.4, -0.2) is 62.2 Å². The second-order valence-electron chi connectivity index (χ2n) is 7.44. The predicted octanol–water partition coefficient (Wildman–Crippen LogP) is 3.31. The summed E-state index contributed by atoms with van der Waals surface area (Å²) in [6.45, 7) is 10.8. The van der Waals surface area contributed by atoms with Gasteiger partial charge < -0.3 is 15.5 Å². The highest BCUT2D eigenvalue weighted by Crippen LogP contribution is 2.19. The molecule has 2 unspecified atom stereocenters. The minimum absolute atomic E-state index is 0. The van der Waals surface area contributed by atoms with Crippen molar-refractivity contribution in [3.05, 3.63) is 30.3 Å². The van der Waals surface area contributed by atoms with E-state index in [1.165, 1.54) is 38.0 Å². The maximum atomic E-state index is 4.92. The second-order valence-corrected chi connectivity index (χ2v) is 7.44. The summed E-state index contributed by atoms with van der Waals surface area (Å²) in [4.78, 5) is 9.99. The van der Waals surface area contributed by atoms with E-state index in [1.807, 2.05) is 0 Å². The Morgan fingerprint density at radius 2 is 1.89 bits per heavy atom. The Hall–Kier alpha value is -1.02. The molecule has 0 spiro atoms. The summed E-state index contributed by atoms with van der Waals surface area (Å²) in [5.74, 6) is 0.977. The van der Waals surface area contributed by atoms with Gasteiger partial charge in [-0.1, -0.05) is 25.1 Å². The second kappa shape index (κ2) is 11.7. The zero-order valence-corrected chi connectivity index (χ0v) is 19.2. The Bertz CT molecular complexity index is 559. The van der Waals surface area contributed by atoms with Crippen LogP contribution >= 0.6 is 24.0 Å². The van der Waals surface area contributed by atoms with Crippen molar-refractivity contribution in [3.63, 3.8) is 0 Å². The average molecular weight is 485 g/mol. The minimum atomic E-state index is 0. The van der Waals surface area contributed by atoms with E-state index in [-0.39, 0.29) is 24.0 Å². The largest absolute Gasteiger partial charge is 0.369 e. The number of hydrogen-bond acceptors (Lipinski definition) is 3. The van der Waals surface area contributed by atoms with Crippen LogP contribution in [0.1, 0.15) is 39.5 Å². The smallest absolute Gasteiger partial charge is 0.191 e. The first-order chi connectivity index (χ1) is 12.8. The molecule has 2 aliphatic rings. The van der Waals surface area contributed by atoms with Crippen LogP contribution < -0.4 is 15.5 Å². The molecule has 2 N–H and O–H groups in total. The molecule has 0 saturated carbocycles. The molecular weight excluding hydrogens is 449 g/mol. The van der Waals surface area contributed by atoms with E-state index in [9.17, 15) is 0 Å². The predicted molar refractivity (Wildman–Crippen MR) is 126 cm³/mol. The van der Waals surface area contributed by atoms with Crippen molar-refractivity contribution in [1.29, 1.82) is 0 Å². The van der Waals surface area contributed by atoms with Gasteiger partial charge in [0.2, 0.25) is 0 Å². The molecule has 2 heterocycles. The number of nitrogens with zero attached hydrogens (tertiary/aromatic N) is 3. The molecule has 3 rings (SSSR count). The Morgan fingerprint density at radius 3 is 2.56 bits per heavy atom. The first-order valence-corrected chi connectivity index (χ1v) is 10.4. The third-order valence-electron chi connectivity index (χ3n) is 5.58. The van der Waals surface area contributed by atoms with Crippen LogP contribution in [0.2, 0.25) is 0 Å². The van der Waals surface area contributed by atoms with Gasteiger partial charge in [-0.2, -0.15) is 0 Å². The zero-order chi connectivity index (χ0) is 18.2. The van der Waals surface area contributed by atoms with Crippen LogP contribution in [0.5, 0.6) is 0 Å². The van der Waals surface area contributed by atoms with E-state index in [4.69, 9.17) is 4.99 Å². The van der Waals surface area contributed by atoms with Crippen LogP contribution in [-0.2, 0) is 0 Å². The van der Waals surface area contributed by atoms with Crippen LogP contribution in [0.4, 0.5) is 5.69 Å². The van der Waals surface area contributed by atoms with Gasteiger partial charge in [0.05, 0.1) is 6.54 Å². The van der Waals surface area contributed by atoms with Crippen molar-refractivity contribution >= 4 is 35.6 Å². The van der Waals surface area contributed by atoms with Crippen molar-refractivity contribution in [2.75, 3.05) is 44.2 Å². The van der Waals surface area contributed by atoms with E-state index < -0.39 is 0 Å². The summed E-state index contributed by atoms with van der Waals surface area (Å²) < 4.78 is 0. The van der Waals surface area contributed by atoms with Gasteiger partial charge in [-0.25, -0.2) is 0 Å². The summed E-state index contributed by atoms with van der Waals surface area (Å²) in [5, 5.41) is 7.10. The van der Waals surface area contributed by atoms with Gasteiger partial charge in [-0.15, -0.1) is 24.0 Å². The first kappa shape index (κ1) is 22.3. The van der Waals surface area contributed by atoms with E-state index in [0.717, 1.165) is 38.6 Å². The monoisotopic (exact) mass is 485 g/mol. The third-order valence-corrected chi connectivity index (χ3v) is 5.58. The van der Waals surface area contributed by atoms with Crippen molar-refractivity contribution in [1.82, 2.24) is 15.5 Å². The van der Waals surface area contributed by atoms with Crippen LogP contribution in [0, 0.1) is 0 Å². The highest BCUT2D eigenvalue weighted by atomic mass is 127. The molecule has 0 bridgehead atoms. The molecule has 27 heavy (non-hydrogen) atoms. The number of nitrogens with one attached hydrogen (secondary N) is 2. The van der Waals surface area contributed by atoms with E-state index in [2.05, 4.69) is 64.6 Å². The fourth-order valence-electron chi connectivity index (χ4n) is 4.07. The number of rotatable bonds is 7. The molecule has 2 fully saturated rings. The molecule has 0 amide bonds. The van der Waals surface area contributed by atoms with Crippen molar-refractivity contribution < 1.29 is 0 Å². The standard InChI is InChI=1S/C21H35N5.HI/c1-3-19(25-13-8-9-14-25)16-23-21(22-4-2)24-18-12-15-26(17-18)20-10-6-5-7-11-20;/h5-7,10-11,18-19H,3-4,8-9,12-17H2,1-2H3,(H2,22,23,24);1H. The summed E-state index contributed by atoms with van der Waals surface area (Å²) in [6.07, 6.45) is 5.02. The number of likely N-dealkylation sites (tertiary alicyclic amines) is 1. The Balaban J connectivity index is 0.00000261. The SMILES string of the molecule is CCNC(=NCC(CC)N1CCCC1)NC1CCN(c2ccccc2)C1.I. The number of anilines is 1. The molecule has 6 heteroatoms. The average Bonchev–Trinajstić information content (AvgIpc) is 3.35. The molecule has 0 aliphatic carbocycles. The number of hydrogen-bond donors (Lipinski definition) is 2. The van der Waals surface area contributed by atoms with Gasteiger partial charge in [0, 0.05) is 37.4 Å². The summed E-state index contributed by atoms with van der Waals surface area (Å²) in [7, 11) is 0. The maximum Gasteiger partial charge on any atom is 0.191 e. The lowest BCUT2D eigenvalue weighted by Gasteiger charge is -2.25. The highest BCUT2D eigenvalue weighted by molar-refractivity contribution is 14.0. The lowest BCUT2D eigenvalue weighted by molar-refractivity contribution is 0.242. The highest BCUT2D eigenvalue weighted by Gasteiger charge is 2.24. The topological polar surface area (TPSA) is 42.9 Å². The van der Waals surface area contributed by atoms with Gasteiger partial charge in [-0.05, 0) is 57.8 Å². The lowest BCUT2D eigenvalue weighted by atomic mass is 10.2. The van der Waals surface area contributed by atoms with Gasteiger partial charge in [-0.3, -0.25) is 9.89 Å². The summed E-state index contributed by atoms with van der Waals surface area (Å²) in [6, 6.07) is 11.7. The number of guanidine groups is 1. The Morgan fingerprint density at radius 1 is 1.15 bits per heavy atom. The fourth-order valence-corrected chi connectivity index (χ4v) is 4.07. The van der Waals surface area contributed by atoms with Crippen LogP contribution in [0.25, 0.3) is 0 Å². The zero-order valence-electron chi connectivity index (χ0n) is 16.9. The first-order valence-electron chi connectivity index (χ1n) is 10.4. The van der Waals surface area contributed by atoms with Crippen molar-refractivity contribution in [2.45, 2.75) is 51.6 Å². The summed E-state index contributed by atoms with van der Waals surface area (Å²) in [5.41, 5.74) is 1.32. The van der Waals surface area contributed by atoms with Crippen molar-refractivity contribution in [2.24, 2.45) is 4.99 Å². The number of aliphatic imine (C=N–C) groups is 1. The van der Waals surface area contributed by atoms with Gasteiger partial charge >= 0.3 is 0 Å². The molecule has 1 aromatic carbocycles. The molecule has 2 aliphatic heterocycles. The van der Waals surface area contributed by atoms with Crippen molar-refractivity contribution in [3.8, 4) is 0 Å². The summed E-state index contributed by atoms with van der Waals surface area (Å²) >= 11 is 0. The number of halogens is 1.